The van der Waals surface area contributed by atoms with E-state index in [0.717, 1.165) is 21.6 Å². The summed E-state index contributed by atoms with van der Waals surface area (Å²) in [5.74, 6) is -1.10. The maximum atomic E-state index is 11.7. The van der Waals surface area contributed by atoms with Crippen molar-refractivity contribution in [1.29, 1.82) is 0 Å². The SMILES string of the molecule is CN([C-]=O)C(Cc1cn(C(c2ccccc2)(c2ccccc2)c2ccccc2)cn1)C(=O)O.[Fm]. The van der Waals surface area contributed by atoms with Crippen LogP contribution in [0.5, 0.6) is 0 Å². The largest absolute Gasteiger partial charge is 0.520 e. The Morgan fingerprint density at radius 1 is 0.941 bits per heavy atom. The van der Waals surface area contributed by atoms with E-state index in [0.29, 0.717) is 5.69 Å². The molecule has 0 aliphatic rings. The first-order valence-corrected chi connectivity index (χ1v) is 10.6. The van der Waals surface area contributed by atoms with Gasteiger partial charge in [0, 0.05) is 12.6 Å². The van der Waals surface area contributed by atoms with Gasteiger partial charge < -0.3 is 19.4 Å². The van der Waals surface area contributed by atoms with E-state index in [1.54, 1.807) is 12.7 Å². The molecule has 0 saturated carbocycles. The molecule has 1 amide bonds. The number of carbonyl (C=O) groups is 1. The summed E-state index contributed by atoms with van der Waals surface area (Å²) in [4.78, 5) is 28.4. The van der Waals surface area contributed by atoms with E-state index in [4.69, 9.17) is 0 Å². The van der Waals surface area contributed by atoms with Crippen molar-refractivity contribution in [1.82, 2.24) is 14.5 Å². The first-order valence-electron chi connectivity index (χ1n) is 10.6. The molecule has 0 aliphatic carbocycles. The summed E-state index contributed by atoms with van der Waals surface area (Å²) in [7, 11) is 1.41. The molecule has 4 rings (SSSR count). The Morgan fingerprint density at radius 2 is 1.38 bits per heavy atom. The molecule has 6 nitrogen and oxygen atoms in total. The van der Waals surface area contributed by atoms with Gasteiger partial charge in [0.25, 0.3) is 0 Å². The summed E-state index contributed by atoms with van der Waals surface area (Å²) in [5.41, 5.74) is 2.96. The molecule has 7 heteroatoms. The van der Waals surface area contributed by atoms with Crippen LogP contribution < -0.4 is 0 Å². The van der Waals surface area contributed by atoms with Crippen LogP contribution in [0.3, 0.4) is 0 Å². The van der Waals surface area contributed by atoms with Crippen molar-refractivity contribution in [2.45, 2.75) is 18.0 Å². The van der Waals surface area contributed by atoms with Gasteiger partial charge >= 0.3 is 5.97 Å². The minimum atomic E-state index is -1.10. The van der Waals surface area contributed by atoms with E-state index in [1.807, 2.05) is 65.4 Å². The molecule has 0 aliphatic heterocycles. The van der Waals surface area contributed by atoms with E-state index >= 15 is 0 Å². The van der Waals surface area contributed by atoms with Crippen LogP contribution in [0.25, 0.3) is 0 Å². The maximum Gasteiger partial charge on any atom is 0.324 e. The van der Waals surface area contributed by atoms with Crippen molar-refractivity contribution >= 4 is 12.4 Å². The molecule has 178 valence electrons. The van der Waals surface area contributed by atoms with E-state index in [1.165, 1.54) is 7.05 Å². The van der Waals surface area contributed by atoms with Gasteiger partial charge in [0.2, 0.25) is 0 Å². The predicted molar refractivity (Wildman–Crippen MR) is 125 cm³/mol. The number of carbonyl (C=O) groups excluding carboxylic acids is 1. The van der Waals surface area contributed by atoms with Crippen LogP contribution in [0.4, 0.5) is 0 Å². The van der Waals surface area contributed by atoms with Crippen LogP contribution >= 0.6 is 0 Å². The monoisotopic (exact) mass is 695 g/mol. The van der Waals surface area contributed by atoms with Gasteiger partial charge in [0.15, 0.2) is 0 Å². The van der Waals surface area contributed by atoms with Crippen LogP contribution in [-0.2, 0) is 21.5 Å². The molecular weight excluding hydrogens is 671 g/mol. The van der Waals surface area contributed by atoms with Gasteiger partial charge in [-0.15, -0.1) is 0 Å². The Balaban J connectivity index is 0.00000324. The molecule has 1 atom stereocenters. The summed E-state index contributed by atoms with van der Waals surface area (Å²) >= 11 is 0. The summed E-state index contributed by atoms with van der Waals surface area (Å²) in [5, 5.41) is 9.58. The van der Waals surface area contributed by atoms with Crippen LogP contribution in [0.2, 0.25) is 0 Å². The van der Waals surface area contributed by atoms with Crippen molar-refractivity contribution in [3.8, 4) is 0 Å². The number of carboxylic acid groups (broad SMARTS) is 1. The van der Waals surface area contributed by atoms with Crippen molar-refractivity contribution in [3.63, 3.8) is 0 Å². The normalized spacial score (nSPS) is 11.8. The van der Waals surface area contributed by atoms with Crippen molar-refractivity contribution in [2.24, 2.45) is 0 Å². The molecule has 1 unspecified atom stereocenters. The summed E-state index contributed by atoms with van der Waals surface area (Å²) in [6, 6.07) is 29.4. The van der Waals surface area contributed by atoms with E-state index < -0.39 is 17.6 Å². The number of hydrogen-bond acceptors (Lipinski definition) is 3. The zero-order chi connectivity index (χ0) is 23.3. The minimum Gasteiger partial charge on any atom is -0.520 e. The zero-order valence-corrected chi connectivity index (χ0v) is 20.9. The molecule has 1 N–H and O–H groups in total. The number of rotatable bonds is 9. The zero-order valence-electron chi connectivity index (χ0n) is 18.5. The number of aliphatic carboxylic acids is 1. The maximum absolute atomic E-state index is 11.7. The third kappa shape index (κ3) is 4.12. The topological polar surface area (TPSA) is 75.4 Å². The summed E-state index contributed by atoms with van der Waals surface area (Å²) < 4.78 is 2.02. The second kappa shape index (κ2) is 9.96. The minimum absolute atomic E-state index is 0. The molecule has 34 heavy (non-hydrogen) atoms. The van der Waals surface area contributed by atoms with Gasteiger partial charge in [-0.05, 0) is 23.7 Å². The Bertz CT molecular complexity index is 1120. The number of aromatic nitrogens is 2. The number of likely N-dealkylation sites (N-methyl/N-ethyl adjacent to an activating group) is 1. The number of nitrogens with zero attached hydrogens (tertiary/aromatic N) is 3. The summed E-state index contributed by atoms with van der Waals surface area (Å²) in [6.07, 6.45) is 5.31. The average Bonchev–Trinajstić information content (AvgIpc) is 3.33. The van der Waals surface area contributed by atoms with Crippen LogP contribution in [0.15, 0.2) is 104 Å². The fourth-order valence-electron chi connectivity index (χ4n) is 4.29. The van der Waals surface area contributed by atoms with Crippen LogP contribution in [0.1, 0.15) is 22.4 Å². The molecule has 1 aromatic heterocycles. The van der Waals surface area contributed by atoms with Crippen molar-refractivity contribution in [2.75, 3.05) is 7.05 Å². The second-order valence-corrected chi connectivity index (χ2v) is 7.84. The third-order valence-corrected chi connectivity index (χ3v) is 5.90. The Hall–Kier alpha value is -5.19. The Labute approximate surface area is 192 Å². The van der Waals surface area contributed by atoms with Gasteiger partial charge in [0.05, 0.1) is 12.0 Å². The molecule has 3 aromatic carbocycles. The fraction of sp³-hybridized carbons (Fsp3) is 0.148. The van der Waals surface area contributed by atoms with Crippen LogP contribution in [-0.4, -0.2) is 45.0 Å². The van der Waals surface area contributed by atoms with Crippen LogP contribution in [0, 0.1) is 0 Å². The van der Waals surface area contributed by atoms with E-state index in [2.05, 4.69) is 41.4 Å². The van der Waals surface area contributed by atoms with Crippen molar-refractivity contribution in [3.05, 3.63) is 126 Å². The quantitative estimate of drug-likeness (QED) is 0.165. The second-order valence-electron chi connectivity index (χ2n) is 7.84. The van der Waals surface area contributed by atoms with Crippen molar-refractivity contribution < 1.29 is 14.7 Å². The molecule has 0 saturated heterocycles. The van der Waals surface area contributed by atoms with E-state index in [9.17, 15) is 14.7 Å². The molecule has 0 radical (unpaired) electrons. The molecule has 0 spiro atoms. The number of imidazole rings is 1. The van der Waals surface area contributed by atoms with Gasteiger partial charge in [-0.1, -0.05) is 91.0 Å². The van der Waals surface area contributed by atoms with Gasteiger partial charge in [0.1, 0.15) is 11.6 Å². The number of carboxylic acids is 1. The first kappa shape index (κ1) is 23.5. The smallest absolute Gasteiger partial charge is 0.324 e. The predicted octanol–water partition coefficient (Wildman–Crippen LogP) is 3.72. The Morgan fingerprint density at radius 3 is 1.76 bits per heavy atom. The fourth-order valence-corrected chi connectivity index (χ4v) is 4.29. The standard InChI is InChI=1S/C27H24N3O3.Fm/c1-29(20-31)25(26(32)33)17-24-18-30(19-28-24)27(21-11-5-2-6-12-21,22-13-7-3-8-14-22)23-15-9-4-10-16-23;/h2-16,18-19,25H,17H2,1H3,(H,32,33);/q-1;. The van der Waals surface area contributed by atoms with Gasteiger partial charge in [-0.2, -0.15) is 6.41 Å². The molecule has 1 heterocycles. The van der Waals surface area contributed by atoms with Gasteiger partial charge in [-0.25, -0.2) is 4.98 Å². The average molecular weight is 696 g/mol. The Kier molecular flexibility index (Phi) is 6.87. The number of amides is 1. The molecular formula is C27H24FmN3O3-. The van der Waals surface area contributed by atoms with E-state index in [-0.39, 0.29) is 6.42 Å². The molecule has 0 fully saturated rings. The third-order valence-electron chi connectivity index (χ3n) is 5.90. The summed E-state index contributed by atoms with van der Waals surface area (Å²) in [6.45, 7) is 0. The molecule has 4 aromatic rings. The first-order chi connectivity index (χ1) is 16.1. The molecule has 0 bridgehead atoms. The van der Waals surface area contributed by atoms with Gasteiger partial charge in [-0.3, -0.25) is 4.79 Å². The number of benzene rings is 3. The number of hydrogen-bond donors (Lipinski definition) is 1.